The van der Waals surface area contributed by atoms with Crippen LogP contribution in [-0.2, 0) is 22.5 Å². The molecule has 6 nitrogen and oxygen atoms in total. The molecule has 0 bridgehead atoms. The van der Waals surface area contributed by atoms with Gasteiger partial charge in [-0.15, -0.1) is 11.3 Å². The zero-order chi connectivity index (χ0) is 17.6. The van der Waals surface area contributed by atoms with Gasteiger partial charge in [-0.2, -0.15) is 0 Å². The van der Waals surface area contributed by atoms with E-state index < -0.39 is 0 Å². The van der Waals surface area contributed by atoms with Gasteiger partial charge in [-0.25, -0.2) is 4.98 Å². The maximum Gasteiger partial charge on any atom is 0.236 e. The molecule has 3 rings (SSSR count). The van der Waals surface area contributed by atoms with Gasteiger partial charge in [0.05, 0.1) is 36.4 Å². The predicted molar refractivity (Wildman–Crippen MR) is 94.3 cm³/mol. The highest BCUT2D eigenvalue weighted by Gasteiger charge is 2.20. The Morgan fingerprint density at radius 3 is 2.92 bits per heavy atom. The quantitative estimate of drug-likeness (QED) is 0.615. The summed E-state index contributed by atoms with van der Waals surface area (Å²) < 4.78 is 16.2. The van der Waals surface area contributed by atoms with Crippen LogP contribution in [0, 0.1) is 6.92 Å². The van der Waals surface area contributed by atoms with Gasteiger partial charge in [-0.1, -0.05) is 6.07 Å². The summed E-state index contributed by atoms with van der Waals surface area (Å²) in [5.41, 5.74) is 0.662. The van der Waals surface area contributed by atoms with Crippen LogP contribution in [-0.4, -0.2) is 36.1 Å². The van der Waals surface area contributed by atoms with Gasteiger partial charge in [-0.05, 0) is 30.5 Å². The average Bonchev–Trinajstić information content (AvgIpc) is 3.34. The zero-order valence-corrected chi connectivity index (χ0v) is 15.0. The highest BCUT2D eigenvalue weighted by molar-refractivity contribution is 7.13. The Labute approximate surface area is 150 Å². The van der Waals surface area contributed by atoms with Crippen LogP contribution >= 0.6 is 11.3 Å². The second-order valence-corrected chi connectivity index (χ2v) is 6.51. The number of carbonyl (C=O) groups is 1. The summed E-state index contributed by atoms with van der Waals surface area (Å²) in [4.78, 5) is 19.9. The molecule has 0 radical (unpaired) electrons. The standard InChI is InChI=1S/C18H20N2O4S/c1-13-15(19-18(24-13)16-6-4-10-25-16)11-17(21)20(7-9-22-2)12-14-5-3-8-23-14/h3-6,8,10H,7,9,11-12H2,1-2H3. The van der Waals surface area contributed by atoms with Crippen LogP contribution in [0.15, 0.2) is 44.7 Å². The van der Waals surface area contributed by atoms with Gasteiger partial charge in [0, 0.05) is 13.7 Å². The number of methoxy groups -OCH3 is 1. The molecule has 1 amide bonds. The lowest BCUT2D eigenvalue weighted by Gasteiger charge is -2.21. The zero-order valence-electron chi connectivity index (χ0n) is 14.2. The molecule has 25 heavy (non-hydrogen) atoms. The lowest BCUT2D eigenvalue weighted by molar-refractivity contribution is -0.132. The van der Waals surface area contributed by atoms with Gasteiger partial charge in [0.1, 0.15) is 11.5 Å². The highest BCUT2D eigenvalue weighted by Crippen LogP contribution is 2.26. The van der Waals surface area contributed by atoms with Crippen molar-refractivity contribution >= 4 is 17.2 Å². The van der Waals surface area contributed by atoms with Crippen molar-refractivity contribution < 1.29 is 18.4 Å². The molecule has 7 heteroatoms. The minimum Gasteiger partial charge on any atom is -0.467 e. The molecule has 132 valence electrons. The number of ether oxygens (including phenoxy) is 1. The van der Waals surface area contributed by atoms with Crippen molar-refractivity contribution in [3.8, 4) is 10.8 Å². The van der Waals surface area contributed by atoms with Crippen molar-refractivity contribution in [2.24, 2.45) is 0 Å². The molecule has 0 aliphatic rings. The monoisotopic (exact) mass is 360 g/mol. The van der Waals surface area contributed by atoms with Crippen LogP contribution < -0.4 is 0 Å². The molecule has 0 aromatic carbocycles. The summed E-state index contributed by atoms with van der Waals surface area (Å²) >= 11 is 1.56. The molecule has 3 heterocycles. The molecule has 0 saturated heterocycles. The third-order valence-corrected chi connectivity index (χ3v) is 4.65. The fourth-order valence-corrected chi connectivity index (χ4v) is 3.09. The minimum atomic E-state index is -0.0393. The molecule has 0 fully saturated rings. The number of rotatable bonds is 8. The highest BCUT2D eigenvalue weighted by atomic mass is 32.1. The number of hydrogen-bond acceptors (Lipinski definition) is 6. The van der Waals surface area contributed by atoms with E-state index in [0.717, 1.165) is 10.6 Å². The van der Waals surface area contributed by atoms with E-state index in [1.54, 1.807) is 29.6 Å². The fraction of sp³-hybridized carbons (Fsp3) is 0.333. The number of aryl methyl sites for hydroxylation is 1. The molecule has 0 atom stereocenters. The fourth-order valence-electron chi connectivity index (χ4n) is 2.44. The summed E-state index contributed by atoms with van der Waals surface area (Å²) in [6, 6.07) is 7.55. The molecular formula is C18H20N2O4S. The molecule has 0 aliphatic carbocycles. The van der Waals surface area contributed by atoms with Crippen LogP contribution in [0.25, 0.3) is 10.8 Å². The molecule has 0 aliphatic heterocycles. The van der Waals surface area contributed by atoms with E-state index in [0.29, 0.717) is 37.0 Å². The Morgan fingerprint density at radius 2 is 2.24 bits per heavy atom. The first-order chi connectivity index (χ1) is 12.2. The van der Waals surface area contributed by atoms with Gasteiger partial charge >= 0.3 is 0 Å². The molecule has 0 unspecified atom stereocenters. The first-order valence-corrected chi connectivity index (χ1v) is 8.84. The van der Waals surface area contributed by atoms with Gasteiger partial charge < -0.3 is 18.5 Å². The molecule has 3 aromatic rings. The first kappa shape index (κ1) is 17.4. The van der Waals surface area contributed by atoms with Gasteiger partial charge in [0.2, 0.25) is 11.8 Å². The lowest BCUT2D eigenvalue weighted by Crippen LogP contribution is -2.34. The van der Waals surface area contributed by atoms with Gasteiger partial charge in [0.15, 0.2) is 0 Å². The summed E-state index contributed by atoms with van der Waals surface area (Å²) in [6.45, 7) is 3.19. The maximum atomic E-state index is 12.7. The largest absolute Gasteiger partial charge is 0.467 e. The third kappa shape index (κ3) is 4.37. The Balaban J connectivity index is 1.72. The van der Waals surface area contributed by atoms with Crippen molar-refractivity contribution in [2.45, 2.75) is 19.9 Å². The van der Waals surface area contributed by atoms with Crippen LogP contribution in [0.1, 0.15) is 17.2 Å². The Bertz CT molecular complexity index is 793. The van der Waals surface area contributed by atoms with Crippen LogP contribution in [0.2, 0.25) is 0 Å². The molecule has 3 aromatic heterocycles. The summed E-state index contributed by atoms with van der Waals surface area (Å²) in [5, 5.41) is 1.97. The molecular weight excluding hydrogens is 340 g/mol. The number of amides is 1. The van der Waals surface area contributed by atoms with E-state index in [2.05, 4.69) is 4.98 Å². The number of nitrogens with zero attached hydrogens (tertiary/aromatic N) is 2. The van der Waals surface area contributed by atoms with E-state index in [1.165, 1.54) is 0 Å². The van der Waals surface area contributed by atoms with Crippen molar-refractivity contribution in [3.63, 3.8) is 0 Å². The summed E-state index contributed by atoms with van der Waals surface area (Å²) in [6.07, 6.45) is 1.79. The van der Waals surface area contributed by atoms with Crippen LogP contribution in [0.4, 0.5) is 0 Å². The van der Waals surface area contributed by atoms with Crippen molar-refractivity contribution in [2.75, 3.05) is 20.3 Å². The van der Waals surface area contributed by atoms with Gasteiger partial charge in [0.25, 0.3) is 0 Å². The smallest absolute Gasteiger partial charge is 0.236 e. The number of thiophene rings is 1. The van der Waals surface area contributed by atoms with Crippen LogP contribution in [0.5, 0.6) is 0 Å². The number of aromatic nitrogens is 1. The first-order valence-electron chi connectivity index (χ1n) is 7.96. The molecule has 0 saturated carbocycles. The normalized spacial score (nSPS) is 11.0. The SMILES string of the molecule is COCCN(Cc1ccco1)C(=O)Cc1nc(-c2cccs2)oc1C. The average molecular weight is 360 g/mol. The van der Waals surface area contributed by atoms with Gasteiger partial charge in [-0.3, -0.25) is 4.79 Å². The summed E-state index contributed by atoms with van der Waals surface area (Å²) in [7, 11) is 1.62. The number of carbonyl (C=O) groups excluding carboxylic acids is 1. The van der Waals surface area contributed by atoms with E-state index in [4.69, 9.17) is 13.6 Å². The number of oxazole rings is 1. The predicted octanol–water partition coefficient (Wildman–Crippen LogP) is 3.52. The Kier molecular flexibility index (Phi) is 5.67. The van der Waals surface area contributed by atoms with Crippen molar-refractivity contribution in [1.82, 2.24) is 9.88 Å². The summed E-state index contributed by atoms with van der Waals surface area (Å²) in [5.74, 6) is 1.93. The topological polar surface area (TPSA) is 68.7 Å². The Hall–Kier alpha value is -2.38. The maximum absolute atomic E-state index is 12.7. The van der Waals surface area contributed by atoms with Crippen LogP contribution in [0.3, 0.4) is 0 Å². The third-order valence-electron chi connectivity index (χ3n) is 3.79. The lowest BCUT2D eigenvalue weighted by atomic mass is 10.2. The van der Waals surface area contributed by atoms with E-state index in [9.17, 15) is 4.79 Å². The second kappa shape index (κ2) is 8.13. The number of furan rings is 1. The number of hydrogen-bond donors (Lipinski definition) is 0. The van der Waals surface area contributed by atoms with E-state index in [-0.39, 0.29) is 12.3 Å². The second-order valence-electron chi connectivity index (χ2n) is 5.56. The van der Waals surface area contributed by atoms with E-state index in [1.807, 2.05) is 36.6 Å². The van der Waals surface area contributed by atoms with E-state index >= 15 is 0 Å². The van der Waals surface area contributed by atoms with Crippen molar-refractivity contribution in [3.05, 3.63) is 53.1 Å². The molecule has 0 spiro atoms. The minimum absolute atomic E-state index is 0.0393. The van der Waals surface area contributed by atoms with Crippen molar-refractivity contribution in [1.29, 1.82) is 0 Å². The molecule has 0 N–H and O–H groups in total. The Morgan fingerprint density at radius 1 is 1.36 bits per heavy atom.